The normalized spacial score (nSPS) is 27.4. The molecule has 9 aliphatic rings. The summed E-state index contributed by atoms with van der Waals surface area (Å²) in [6.45, 7) is 7.42. The van der Waals surface area contributed by atoms with Crippen molar-refractivity contribution in [3.8, 4) is 18.0 Å². The van der Waals surface area contributed by atoms with Crippen molar-refractivity contribution in [2.75, 3.05) is 99.1 Å². The fourth-order valence-corrected chi connectivity index (χ4v) is 6.02. The number of hydrogen-bond acceptors (Lipinski definition) is 24. The minimum atomic E-state index is -0.662. The van der Waals surface area contributed by atoms with Crippen LogP contribution in [0, 0.1) is 0 Å². The Labute approximate surface area is 389 Å². The van der Waals surface area contributed by atoms with Crippen LogP contribution in [0.1, 0.15) is 31.1 Å². The minimum Gasteiger partial charge on any atom is -0.460 e. The molecule has 3 aromatic rings. The van der Waals surface area contributed by atoms with Gasteiger partial charge in [0.1, 0.15) is 76.3 Å². The lowest BCUT2D eigenvalue weighted by Crippen LogP contribution is -2.55. The number of epoxide rings is 9. The number of hydrogen-bond donors (Lipinski definition) is 0. The first-order valence-corrected chi connectivity index (χ1v) is 22.4. The highest BCUT2D eigenvalue weighted by Gasteiger charge is 2.33. The zero-order chi connectivity index (χ0) is 47.4. The highest BCUT2D eigenvalue weighted by atomic mass is 16.6. The van der Waals surface area contributed by atoms with Crippen LogP contribution in [0.25, 0.3) is 0 Å². The first-order chi connectivity index (χ1) is 33.6. The topological polar surface area (TPSA) is 324 Å². The fraction of sp³-hybridized carbons (Fsp3) is 0.643. The molecule has 0 bridgehead atoms. The van der Waals surface area contributed by atoms with E-state index < -0.39 is 35.0 Å². The molecule has 9 saturated heterocycles. The Hall–Kier alpha value is -5.91. The Morgan fingerprint density at radius 2 is 0.609 bits per heavy atom. The molecule has 372 valence electrons. The molecule has 0 saturated carbocycles. The molecule has 9 atom stereocenters. The number of ether oxygens (including phenoxy) is 15. The van der Waals surface area contributed by atoms with E-state index in [0.29, 0.717) is 79.3 Å². The molecule has 9 fully saturated rings. The van der Waals surface area contributed by atoms with Crippen LogP contribution in [0.3, 0.4) is 0 Å². The molecule has 27 heteroatoms. The zero-order valence-corrected chi connectivity index (χ0v) is 36.9. The van der Waals surface area contributed by atoms with Gasteiger partial charge in [-0.3, -0.25) is 0 Å². The van der Waals surface area contributed by atoms with Crippen molar-refractivity contribution in [2.24, 2.45) is 0 Å². The van der Waals surface area contributed by atoms with Crippen LogP contribution in [0.2, 0.25) is 0 Å². The molecule has 27 nitrogen and oxygen atoms in total. The maximum Gasteiger partial charge on any atom is 0.338 e. The van der Waals surface area contributed by atoms with Crippen LogP contribution < -0.4 is 31.3 Å². The molecule has 0 spiro atoms. The highest BCUT2D eigenvalue weighted by Crippen LogP contribution is 2.22. The Kier molecular flexibility index (Phi) is 14.2. The van der Waals surface area contributed by atoms with Gasteiger partial charge in [0.15, 0.2) is 0 Å². The summed E-state index contributed by atoms with van der Waals surface area (Å²) in [5, 5.41) is 0. The standard InChI is InChI=1S/C18H18O9.2C12H15N3O6/c19-16(25-7-13-4-22-13)10-1-11(17(20)26-8-14-5-23-14)3-12(2-10)18(21)27-9-15-6-24-15;1-7(16-1)4-19-10-13-11(20-5-8-2-17-8)15-12(14-10)21-6-9-3-18-9;16-10-13(1-7-4-19-7)11(17)15(3-9-6-21-9)12(18)14(10)2-8-5-20-8/h1-3,13-15H,4-9H2;2*7-9H,1-6H2. The number of carbonyl (C=O) groups is 3. The largest absolute Gasteiger partial charge is 0.460 e. The third-order valence-corrected chi connectivity index (χ3v) is 10.8. The van der Waals surface area contributed by atoms with Gasteiger partial charge in [0.2, 0.25) is 0 Å². The summed E-state index contributed by atoms with van der Waals surface area (Å²) in [5.74, 6) is -1.99. The van der Waals surface area contributed by atoms with E-state index in [0.717, 1.165) is 13.7 Å². The maximum absolute atomic E-state index is 12.4. The second-order valence-corrected chi connectivity index (χ2v) is 17.0. The third kappa shape index (κ3) is 14.8. The first kappa shape index (κ1) is 46.8. The number of carbonyl (C=O) groups excluding carboxylic acids is 3. The van der Waals surface area contributed by atoms with E-state index in [1.807, 2.05) is 0 Å². The molecule has 1 aromatic carbocycles. The Bertz CT molecular complexity index is 2210. The summed E-state index contributed by atoms with van der Waals surface area (Å²) in [5.41, 5.74) is -1.61. The molecule has 11 heterocycles. The highest BCUT2D eigenvalue weighted by molar-refractivity contribution is 6.00. The molecule has 0 aliphatic carbocycles. The van der Waals surface area contributed by atoms with Crippen LogP contribution in [-0.2, 0) is 76.5 Å². The second kappa shape index (κ2) is 21.0. The van der Waals surface area contributed by atoms with E-state index in [9.17, 15) is 28.8 Å². The van der Waals surface area contributed by atoms with Crippen LogP contribution in [-0.4, -0.2) is 201 Å². The van der Waals surface area contributed by atoms with Crippen LogP contribution in [0.4, 0.5) is 0 Å². The van der Waals surface area contributed by atoms with Gasteiger partial charge >= 0.3 is 53.0 Å². The number of esters is 3. The average Bonchev–Trinajstić information content (AvgIpc) is 4.18. The average molecular weight is 973 g/mol. The summed E-state index contributed by atoms with van der Waals surface area (Å²) in [6.07, 6.45) is -0.283. The second-order valence-electron chi connectivity index (χ2n) is 17.0. The Morgan fingerprint density at radius 1 is 0.391 bits per heavy atom. The smallest absolute Gasteiger partial charge is 0.338 e. The molecule has 2 aromatic heterocycles. The molecule has 9 unspecified atom stereocenters. The van der Waals surface area contributed by atoms with Gasteiger partial charge in [0.05, 0.1) is 114 Å². The number of aromatic nitrogens is 6. The van der Waals surface area contributed by atoms with E-state index in [2.05, 4.69) is 15.0 Å². The van der Waals surface area contributed by atoms with Crippen LogP contribution >= 0.6 is 0 Å². The van der Waals surface area contributed by atoms with Crippen molar-refractivity contribution < 1.29 is 85.4 Å². The van der Waals surface area contributed by atoms with Crippen molar-refractivity contribution in [3.05, 3.63) is 66.3 Å². The molecule has 0 radical (unpaired) electrons. The van der Waals surface area contributed by atoms with Gasteiger partial charge < -0.3 is 71.1 Å². The minimum absolute atomic E-state index is 0.0578. The van der Waals surface area contributed by atoms with Crippen molar-refractivity contribution in [2.45, 2.75) is 74.6 Å². The molecule has 9 aliphatic heterocycles. The van der Waals surface area contributed by atoms with Gasteiger partial charge in [-0.05, 0) is 18.2 Å². The maximum atomic E-state index is 12.4. The van der Waals surface area contributed by atoms with Gasteiger partial charge in [-0.1, -0.05) is 0 Å². The van der Waals surface area contributed by atoms with E-state index in [4.69, 9.17) is 71.1 Å². The van der Waals surface area contributed by atoms with E-state index in [1.54, 1.807) is 0 Å². The lowest BCUT2D eigenvalue weighted by atomic mass is 10.1. The lowest BCUT2D eigenvalue weighted by molar-refractivity contribution is 0.0471. The van der Waals surface area contributed by atoms with Crippen molar-refractivity contribution >= 4 is 17.9 Å². The molecule has 0 N–H and O–H groups in total. The summed E-state index contributed by atoms with van der Waals surface area (Å²) < 4.78 is 80.4. The van der Waals surface area contributed by atoms with E-state index in [-0.39, 0.29) is 129 Å². The van der Waals surface area contributed by atoms with Crippen LogP contribution in [0.5, 0.6) is 18.0 Å². The predicted octanol–water partition coefficient (Wildman–Crippen LogP) is -3.07. The summed E-state index contributed by atoms with van der Waals surface area (Å²) in [7, 11) is 0. The van der Waals surface area contributed by atoms with E-state index >= 15 is 0 Å². The van der Waals surface area contributed by atoms with Gasteiger partial charge in [-0.15, -0.1) is 15.0 Å². The SMILES string of the molecule is C(Oc1nc(OCC2CO2)nc(OCC2CO2)n1)C1CO1.O=C(OCC1CO1)c1cc(C(=O)OCC2CO2)cc(C(=O)OCC2CO2)c1.O=c1n(CC2CO2)c(=O)n(CC2CO2)c(=O)n1CC1CO1. The molecule has 12 rings (SSSR count). The van der Waals surface area contributed by atoms with Gasteiger partial charge in [-0.2, -0.15) is 0 Å². The quantitative estimate of drug-likeness (QED) is 0.0488. The Morgan fingerprint density at radius 3 is 0.826 bits per heavy atom. The lowest BCUT2D eigenvalue weighted by Gasteiger charge is -2.12. The van der Waals surface area contributed by atoms with Crippen LogP contribution in [0.15, 0.2) is 32.6 Å². The summed E-state index contributed by atoms with van der Waals surface area (Å²) in [6, 6.07) is 4.48. The van der Waals surface area contributed by atoms with Gasteiger partial charge in [0.25, 0.3) is 0 Å². The van der Waals surface area contributed by atoms with Gasteiger partial charge in [-0.25, -0.2) is 42.5 Å². The molecular formula is C42H48N6O21. The Balaban J connectivity index is 0.000000122. The molecular weight excluding hydrogens is 924 g/mol. The predicted molar refractivity (Wildman–Crippen MR) is 220 cm³/mol. The van der Waals surface area contributed by atoms with E-state index in [1.165, 1.54) is 18.2 Å². The number of benzene rings is 1. The summed E-state index contributed by atoms with van der Waals surface area (Å²) >= 11 is 0. The molecule has 69 heavy (non-hydrogen) atoms. The first-order valence-electron chi connectivity index (χ1n) is 22.4. The summed E-state index contributed by atoms with van der Waals surface area (Å²) in [4.78, 5) is 86.1. The number of nitrogens with zero attached hydrogens (tertiary/aromatic N) is 6. The van der Waals surface area contributed by atoms with Crippen molar-refractivity contribution in [3.63, 3.8) is 0 Å². The van der Waals surface area contributed by atoms with Crippen molar-refractivity contribution in [1.29, 1.82) is 0 Å². The van der Waals surface area contributed by atoms with Gasteiger partial charge in [0, 0.05) is 0 Å². The van der Waals surface area contributed by atoms with Crippen molar-refractivity contribution in [1.82, 2.24) is 28.7 Å². The fourth-order valence-electron chi connectivity index (χ4n) is 6.02. The number of rotatable bonds is 24. The monoisotopic (exact) mass is 972 g/mol. The molecule has 0 amide bonds. The third-order valence-electron chi connectivity index (χ3n) is 10.8. The zero-order valence-electron chi connectivity index (χ0n) is 36.9.